The van der Waals surface area contributed by atoms with Crippen molar-refractivity contribution in [2.24, 2.45) is 5.73 Å². The van der Waals surface area contributed by atoms with Gasteiger partial charge in [-0.2, -0.15) is 8.42 Å². The van der Waals surface area contributed by atoms with Crippen molar-refractivity contribution in [1.82, 2.24) is 0 Å². The Kier molecular flexibility index (Phi) is 18.4. The molecule has 0 saturated heterocycles. The van der Waals surface area contributed by atoms with Gasteiger partial charge in [0, 0.05) is 13.0 Å². The maximum absolute atomic E-state index is 11.7. The molecule has 0 radical (unpaired) electrons. The Bertz CT molecular complexity index is 568. The second-order valence-corrected chi connectivity index (χ2v) is 7.83. The van der Waals surface area contributed by atoms with Crippen LogP contribution < -0.4 is 5.73 Å². The van der Waals surface area contributed by atoms with Gasteiger partial charge in [0.1, 0.15) is 6.61 Å². The number of esters is 3. The number of carbonyl (C=O) groups excluding carboxylic acids is 3. The molecule has 0 rings (SSSR count). The predicted molar refractivity (Wildman–Crippen MR) is 105 cm³/mol. The standard InChI is InChI=1S/C17H31NO8S.Na.H/c1-2-3-4-5-6-7-8-9-10-15(19)26-16(20)13-14(27(22,23)24)17(21)25-12-11-18;;/h14H,2-13,18H2,1H3,(H,22,23,24);;. The van der Waals surface area contributed by atoms with Crippen LogP contribution in [0.15, 0.2) is 0 Å². The molecule has 0 amide bonds. The normalized spacial score (nSPS) is 12.0. The predicted octanol–water partition coefficient (Wildman–Crippen LogP) is 1.09. The average molecular weight is 433 g/mol. The van der Waals surface area contributed by atoms with Gasteiger partial charge in [-0.15, -0.1) is 0 Å². The van der Waals surface area contributed by atoms with Crippen LogP contribution in [0.2, 0.25) is 0 Å². The van der Waals surface area contributed by atoms with Crippen molar-refractivity contribution in [3.63, 3.8) is 0 Å². The van der Waals surface area contributed by atoms with Crippen molar-refractivity contribution >= 4 is 57.6 Å². The first-order valence-electron chi connectivity index (χ1n) is 9.28. The Morgan fingerprint density at radius 3 is 2.00 bits per heavy atom. The van der Waals surface area contributed by atoms with E-state index in [9.17, 15) is 22.8 Å². The van der Waals surface area contributed by atoms with Gasteiger partial charge < -0.3 is 15.2 Å². The van der Waals surface area contributed by atoms with Crippen LogP contribution in [0.5, 0.6) is 0 Å². The molecule has 0 aliphatic heterocycles. The van der Waals surface area contributed by atoms with E-state index in [-0.39, 0.29) is 49.1 Å². The summed E-state index contributed by atoms with van der Waals surface area (Å²) in [6, 6.07) is 0. The Morgan fingerprint density at radius 2 is 1.50 bits per heavy atom. The molecule has 0 aromatic rings. The van der Waals surface area contributed by atoms with Gasteiger partial charge in [-0.1, -0.05) is 51.9 Å². The minimum absolute atomic E-state index is 0. The Hall–Kier alpha value is -0.520. The Morgan fingerprint density at radius 1 is 0.964 bits per heavy atom. The summed E-state index contributed by atoms with van der Waals surface area (Å²) in [6.07, 6.45) is 7.25. The van der Waals surface area contributed by atoms with E-state index in [0.717, 1.165) is 25.7 Å². The summed E-state index contributed by atoms with van der Waals surface area (Å²) in [5, 5.41) is -2.15. The van der Waals surface area contributed by atoms with Crippen LogP contribution >= 0.6 is 0 Å². The molecule has 1 unspecified atom stereocenters. The van der Waals surface area contributed by atoms with Crippen LogP contribution in [0.1, 0.15) is 71.1 Å². The molecule has 0 heterocycles. The van der Waals surface area contributed by atoms with E-state index in [4.69, 9.17) is 10.3 Å². The number of hydrogen-bond donors (Lipinski definition) is 2. The fourth-order valence-electron chi connectivity index (χ4n) is 2.34. The number of rotatable bonds is 15. The number of nitrogens with two attached hydrogens (primary N) is 1. The molecule has 1 atom stereocenters. The molecule has 160 valence electrons. The van der Waals surface area contributed by atoms with Crippen molar-refractivity contribution in [2.75, 3.05) is 13.2 Å². The third-order valence-corrected chi connectivity index (χ3v) is 4.88. The van der Waals surface area contributed by atoms with E-state index in [1.807, 2.05) is 0 Å². The van der Waals surface area contributed by atoms with Gasteiger partial charge >= 0.3 is 47.5 Å². The third kappa shape index (κ3) is 15.4. The summed E-state index contributed by atoms with van der Waals surface area (Å²) in [5.41, 5.74) is 5.13. The summed E-state index contributed by atoms with van der Waals surface area (Å²) in [6.45, 7) is 1.83. The summed E-state index contributed by atoms with van der Waals surface area (Å²) in [5.74, 6) is -3.34. The van der Waals surface area contributed by atoms with Crippen molar-refractivity contribution in [2.45, 2.75) is 76.4 Å². The zero-order chi connectivity index (χ0) is 20.7. The van der Waals surface area contributed by atoms with Gasteiger partial charge in [-0.3, -0.25) is 18.9 Å². The molecule has 9 nitrogen and oxygen atoms in total. The molecule has 11 heteroatoms. The first-order chi connectivity index (χ1) is 12.7. The van der Waals surface area contributed by atoms with Crippen molar-refractivity contribution in [3.05, 3.63) is 0 Å². The van der Waals surface area contributed by atoms with Gasteiger partial charge in [0.15, 0.2) is 5.25 Å². The van der Waals surface area contributed by atoms with E-state index in [1.54, 1.807) is 0 Å². The van der Waals surface area contributed by atoms with Crippen LogP contribution in [0, 0.1) is 0 Å². The monoisotopic (exact) mass is 433 g/mol. The van der Waals surface area contributed by atoms with Gasteiger partial charge in [-0.25, -0.2) is 0 Å². The minimum atomic E-state index is -4.89. The van der Waals surface area contributed by atoms with Gasteiger partial charge in [0.25, 0.3) is 10.1 Å². The number of ether oxygens (including phenoxy) is 2. The summed E-state index contributed by atoms with van der Waals surface area (Å²) < 4.78 is 40.5. The van der Waals surface area contributed by atoms with Crippen LogP contribution in [0.25, 0.3) is 0 Å². The molecule has 0 aliphatic carbocycles. The SMILES string of the molecule is CCCCCCCCCCC(=O)OC(=O)CC(C(=O)OCCN)S(=O)(=O)O.[NaH]. The number of carbonyl (C=O) groups is 3. The average Bonchev–Trinajstić information content (AvgIpc) is 2.58. The Labute approximate surface area is 189 Å². The van der Waals surface area contributed by atoms with Crippen LogP contribution in [-0.2, 0) is 34.0 Å². The zero-order valence-corrected chi connectivity index (χ0v) is 16.7. The Balaban J connectivity index is 0. The first-order valence-corrected chi connectivity index (χ1v) is 10.8. The van der Waals surface area contributed by atoms with Gasteiger partial charge in [-0.05, 0) is 6.42 Å². The maximum atomic E-state index is 11.7. The number of hydrogen-bond acceptors (Lipinski definition) is 8. The molecule has 0 bridgehead atoms. The zero-order valence-electron chi connectivity index (χ0n) is 15.9. The van der Waals surface area contributed by atoms with E-state index in [2.05, 4.69) is 16.4 Å². The molecular formula is C17H32NNaO8S. The molecule has 3 N–H and O–H groups in total. The number of unbranched alkanes of at least 4 members (excludes halogenated alkanes) is 7. The van der Waals surface area contributed by atoms with Crippen molar-refractivity contribution < 1.29 is 36.8 Å². The van der Waals surface area contributed by atoms with Gasteiger partial charge in [0.05, 0.1) is 6.42 Å². The summed E-state index contributed by atoms with van der Waals surface area (Å²) >= 11 is 0. The van der Waals surface area contributed by atoms with Gasteiger partial charge in [0.2, 0.25) is 0 Å². The van der Waals surface area contributed by atoms with Crippen molar-refractivity contribution in [3.8, 4) is 0 Å². The summed E-state index contributed by atoms with van der Waals surface area (Å²) in [7, 11) is -4.89. The van der Waals surface area contributed by atoms with Crippen LogP contribution in [-0.4, -0.2) is 78.8 Å². The molecule has 0 aliphatic rings. The second kappa shape index (κ2) is 17.3. The van der Waals surface area contributed by atoms with E-state index >= 15 is 0 Å². The van der Waals surface area contributed by atoms with E-state index < -0.39 is 39.7 Å². The molecule has 0 aromatic carbocycles. The van der Waals surface area contributed by atoms with Crippen LogP contribution in [0.4, 0.5) is 0 Å². The topological polar surface area (TPSA) is 150 Å². The van der Waals surface area contributed by atoms with Crippen LogP contribution in [0.3, 0.4) is 0 Å². The quantitative estimate of drug-likeness (QED) is 0.127. The van der Waals surface area contributed by atoms with E-state index in [0.29, 0.717) is 6.42 Å². The fourth-order valence-corrected chi connectivity index (χ4v) is 2.99. The third-order valence-electron chi connectivity index (χ3n) is 3.80. The molecule has 0 spiro atoms. The second-order valence-electron chi connectivity index (χ2n) is 6.23. The molecule has 28 heavy (non-hydrogen) atoms. The van der Waals surface area contributed by atoms with Crippen molar-refractivity contribution in [1.29, 1.82) is 0 Å². The molecular weight excluding hydrogens is 401 g/mol. The molecule has 0 saturated carbocycles. The fraction of sp³-hybridized carbons (Fsp3) is 0.824. The molecule has 0 aromatic heterocycles. The molecule has 0 fully saturated rings. The first kappa shape index (κ1) is 29.7. The summed E-state index contributed by atoms with van der Waals surface area (Å²) in [4.78, 5) is 34.9. The van der Waals surface area contributed by atoms with E-state index in [1.165, 1.54) is 19.3 Å².